The number of rotatable bonds is 4. The zero-order valence-corrected chi connectivity index (χ0v) is 12.3. The summed E-state index contributed by atoms with van der Waals surface area (Å²) >= 11 is 0. The maximum absolute atomic E-state index is 11.6. The molecular weight excluding hydrogens is 292 g/mol. The number of esters is 1. The van der Waals surface area contributed by atoms with Gasteiger partial charge in [-0.1, -0.05) is 30.3 Å². The van der Waals surface area contributed by atoms with Gasteiger partial charge in [-0.15, -0.1) is 0 Å². The van der Waals surface area contributed by atoms with Crippen LogP contribution in [0.25, 0.3) is 11.1 Å². The highest BCUT2D eigenvalue weighted by molar-refractivity contribution is 6.10. The zero-order valence-electron chi connectivity index (χ0n) is 12.3. The molecule has 2 aromatic rings. The molecule has 2 rings (SSSR count). The Bertz CT molecular complexity index is 828. The van der Waals surface area contributed by atoms with E-state index in [0.29, 0.717) is 11.3 Å². The highest BCUT2D eigenvalue weighted by Gasteiger charge is 2.09. The number of hydrogen-bond acceptors (Lipinski definition) is 6. The molecular formula is C17H12N4O2. The van der Waals surface area contributed by atoms with Crippen LogP contribution in [0.3, 0.4) is 0 Å². The maximum atomic E-state index is 11.6. The van der Waals surface area contributed by atoms with Crippen LogP contribution in [-0.4, -0.2) is 18.8 Å². The Labute approximate surface area is 133 Å². The second-order valence-corrected chi connectivity index (χ2v) is 4.41. The number of hydrogen-bond donors (Lipinski definition) is 1. The van der Waals surface area contributed by atoms with Gasteiger partial charge in [0.05, 0.1) is 18.4 Å². The van der Waals surface area contributed by atoms with Crippen molar-refractivity contribution in [2.24, 2.45) is 5.10 Å². The molecule has 0 aliphatic rings. The number of nitriles is 2. The first-order chi connectivity index (χ1) is 11.2. The van der Waals surface area contributed by atoms with Gasteiger partial charge in [0.1, 0.15) is 12.1 Å². The van der Waals surface area contributed by atoms with Crippen LogP contribution in [0.15, 0.2) is 53.6 Å². The molecule has 2 aromatic carbocycles. The molecule has 0 spiro atoms. The molecule has 0 saturated heterocycles. The van der Waals surface area contributed by atoms with E-state index in [9.17, 15) is 4.79 Å². The van der Waals surface area contributed by atoms with Gasteiger partial charge in [-0.2, -0.15) is 15.6 Å². The molecule has 112 valence electrons. The summed E-state index contributed by atoms with van der Waals surface area (Å²) in [5.41, 5.74) is 5.02. The van der Waals surface area contributed by atoms with Crippen molar-refractivity contribution in [1.29, 1.82) is 10.5 Å². The number of nitrogens with zero attached hydrogens (tertiary/aromatic N) is 3. The molecule has 0 fully saturated rings. The minimum atomic E-state index is -0.424. The lowest BCUT2D eigenvalue weighted by Crippen LogP contribution is -2.01. The lowest BCUT2D eigenvalue weighted by atomic mass is 10.0. The molecule has 1 N–H and O–H groups in total. The standard InChI is InChI=1S/C17H12N4O2/c1-23-17(22)13-6-4-5-12(9-13)15-7-2-3-8-16(15)21-20-14(10-18)11-19/h2-9,21H,1H3. The summed E-state index contributed by atoms with van der Waals surface area (Å²) in [6.45, 7) is 0. The predicted octanol–water partition coefficient (Wildman–Crippen LogP) is 2.96. The maximum Gasteiger partial charge on any atom is 0.337 e. The van der Waals surface area contributed by atoms with Crippen LogP contribution in [0.1, 0.15) is 10.4 Å². The van der Waals surface area contributed by atoms with Crippen molar-refractivity contribution in [3.05, 3.63) is 54.1 Å². The van der Waals surface area contributed by atoms with Gasteiger partial charge in [-0.05, 0) is 23.8 Å². The Kier molecular flexibility index (Phi) is 5.06. The van der Waals surface area contributed by atoms with Gasteiger partial charge >= 0.3 is 5.97 Å². The van der Waals surface area contributed by atoms with E-state index in [-0.39, 0.29) is 5.71 Å². The molecule has 6 heteroatoms. The summed E-state index contributed by atoms with van der Waals surface area (Å²) < 4.78 is 4.72. The lowest BCUT2D eigenvalue weighted by molar-refractivity contribution is 0.0601. The fraction of sp³-hybridized carbons (Fsp3) is 0.0588. The van der Waals surface area contributed by atoms with Crippen molar-refractivity contribution >= 4 is 17.4 Å². The number of methoxy groups -OCH3 is 1. The van der Waals surface area contributed by atoms with Gasteiger partial charge in [0, 0.05) is 5.56 Å². The van der Waals surface area contributed by atoms with Crippen molar-refractivity contribution in [3.8, 4) is 23.3 Å². The Morgan fingerprint density at radius 3 is 2.57 bits per heavy atom. The second kappa shape index (κ2) is 7.39. The Morgan fingerprint density at radius 2 is 1.87 bits per heavy atom. The van der Waals surface area contributed by atoms with Gasteiger partial charge in [0.15, 0.2) is 0 Å². The van der Waals surface area contributed by atoms with Crippen LogP contribution in [0.5, 0.6) is 0 Å². The van der Waals surface area contributed by atoms with Gasteiger partial charge in [-0.3, -0.25) is 5.43 Å². The second-order valence-electron chi connectivity index (χ2n) is 4.41. The van der Waals surface area contributed by atoms with Crippen molar-refractivity contribution in [2.45, 2.75) is 0 Å². The number of benzene rings is 2. The first-order valence-corrected chi connectivity index (χ1v) is 6.61. The van der Waals surface area contributed by atoms with Crippen molar-refractivity contribution in [3.63, 3.8) is 0 Å². The van der Waals surface area contributed by atoms with E-state index in [1.807, 2.05) is 18.2 Å². The van der Waals surface area contributed by atoms with Crippen LogP contribution in [0.2, 0.25) is 0 Å². The van der Waals surface area contributed by atoms with Crippen LogP contribution < -0.4 is 5.43 Å². The number of nitrogens with one attached hydrogen (secondary N) is 1. The van der Waals surface area contributed by atoms with Crippen molar-refractivity contribution in [2.75, 3.05) is 12.5 Å². The van der Waals surface area contributed by atoms with Crippen LogP contribution in [0, 0.1) is 22.7 Å². The first-order valence-electron chi connectivity index (χ1n) is 6.61. The smallest absolute Gasteiger partial charge is 0.337 e. The number of para-hydroxylation sites is 1. The molecule has 6 nitrogen and oxygen atoms in total. The number of hydrazone groups is 1. The molecule has 0 atom stereocenters. The molecule has 0 saturated carbocycles. The Hall–Kier alpha value is -3.64. The molecule has 0 amide bonds. The van der Waals surface area contributed by atoms with E-state index >= 15 is 0 Å². The van der Waals surface area contributed by atoms with Gasteiger partial charge < -0.3 is 4.74 Å². The number of carbonyl (C=O) groups excluding carboxylic acids is 1. The Morgan fingerprint density at radius 1 is 1.13 bits per heavy atom. The minimum absolute atomic E-state index is 0.275. The SMILES string of the molecule is COC(=O)c1cccc(-c2ccccc2NN=C(C#N)C#N)c1. The quantitative estimate of drug-likeness (QED) is 0.532. The van der Waals surface area contributed by atoms with E-state index in [1.165, 1.54) is 7.11 Å². The van der Waals surface area contributed by atoms with E-state index < -0.39 is 5.97 Å². The van der Waals surface area contributed by atoms with Crippen molar-refractivity contribution in [1.82, 2.24) is 0 Å². The predicted molar refractivity (Wildman–Crippen MR) is 85.5 cm³/mol. The minimum Gasteiger partial charge on any atom is -0.465 e. The van der Waals surface area contributed by atoms with E-state index in [0.717, 1.165) is 11.1 Å². The fourth-order valence-corrected chi connectivity index (χ4v) is 1.96. The molecule has 0 unspecified atom stereocenters. The van der Waals surface area contributed by atoms with E-state index in [1.54, 1.807) is 42.5 Å². The van der Waals surface area contributed by atoms with E-state index in [2.05, 4.69) is 10.5 Å². The third-order valence-corrected chi connectivity index (χ3v) is 3.02. The van der Waals surface area contributed by atoms with Crippen LogP contribution >= 0.6 is 0 Å². The summed E-state index contributed by atoms with van der Waals surface area (Å²) in [6, 6.07) is 17.5. The number of carbonyl (C=O) groups is 1. The van der Waals surface area contributed by atoms with Gasteiger partial charge in [0.2, 0.25) is 5.71 Å². The summed E-state index contributed by atoms with van der Waals surface area (Å²) in [7, 11) is 1.32. The Balaban J connectivity index is 2.42. The third-order valence-electron chi connectivity index (χ3n) is 3.02. The molecule has 0 bridgehead atoms. The molecule has 0 aliphatic heterocycles. The van der Waals surface area contributed by atoms with Crippen LogP contribution in [0.4, 0.5) is 5.69 Å². The number of anilines is 1. The number of ether oxygens (including phenoxy) is 1. The highest BCUT2D eigenvalue weighted by Crippen LogP contribution is 2.28. The molecule has 0 aromatic heterocycles. The lowest BCUT2D eigenvalue weighted by Gasteiger charge is -2.10. The third kappa shape index (κ3) is 3.72. The van der Waals surface area contributed by atoms with Crippen molar-refractivity contribution < 1.29 is 9.53 Å². The van der Waals surface area contributed by atoms with E-state index in [4.69, 9.17) is 15.3 Å². The molecule has 23 heavy (non-hydrogen) atoms. The normalized spacial score (nSPS) is 9.17. The average molecular weight is 304 g/mol. The van der Waals surface area contributed by atoms with Gasteiger partial charge in [0.25, 0.3) is 0 Å². The molecule has 0 heterocycles. The van der Waals surface area contributed by atoms with Gasteiger partial charge in [-0.25, -0.2) is 4.79 Å². The fourth-order valence-electron chi connectivity index (χ4n) is 1.96. The topological polar surface area (TPSA) is 98.3 Å². The first kappa shape index (κ1) is 15.7. The largest absolute Gasteiger partial charge is 0.465 e. The molecule has 0 aliphatic carbocycles. The average Bonchev–Trinajstić information content (AvgIpc) is 2.62. The summed E-state index contributed by atoms with van der Waals surface area (Å²) in [4.78, 5) is 11.6. The summed E-state index contributed by atoms with van der Waals surface area (Å²) in [5, 5.41) is 21.2. The molecule has 0 radical (unpaired) electrons. The zero-order chi connectivity index (χ0) is 16.7. The van der Waals surface area contributed by atoms with Crippen LogP contribution in [-0.2, 0) is 4.74 Å². The summed E-state index contributed by atoms with van der Waals surface area (Å²) in [5.74, 6) is -0.424. The highest BCUT2D eigenvalue weighted by atomic mass is 16.5. The summed E-state index contributed by atoms with van der Waals surface area (Å²) in [6.07, 6.45) is 0. The monoisotopic (exact) mass is 304 g/mol.